The molecular weight excluding hydrogens is 259 g/mol. The SMILES string of the molecule is CCNc1c(F)cccc1C(=O)NC(C)c1ccco1. The van der Waals surface area contributed by atoms with Crippen LogP contribution in [0.3, 0.4) is 0 Å². The minimum Gasteiger partial charge on any atom is -0.467 e. The van der Waals surface area contributed by atoms with Gasteiger partial charge in [-0.2, -0.15) is 0 Å². The lowest BCUT2D eigenvalue weighted by molar-refractivity contribution is 0.0936. The number of para-hydroxylation sites is 1. The van der Waals surface area contributed by atoms with Gasteiger partial charge in [0.25, 0.3) is 5.91 Å². The second-order valence-corrected chi connectivity index (χ2v) is 4.40. The van der Waals surface area contributed by atoms with Gasteiger partial charge < -0.3 is 15.1 Å². The van der Waals surface area contributed by atoms with Gasteiger partial charge in [-0.25, -0.2) is 4.39 Å². The maximum Gasteiger partial charge on any atom is 0.254 e. The van der Waals surface area contributed by atoms with Crippen molar-refractivity contribution in [3.05, 3.63) is 53.7 Å². The van der Waals surface area contributed by atoms with Gasteiger partial charge in [0, 0.05) is 6.54 Å². The van der Waals surface area contributed by atoms with E-state index in [0.29, 0.717) is 12.3 Å². The van der Waals surface area contributed by atoms with Crippen molar-refractivity contribution >= 4 is 11.6 Å². The van der Waals surface area contributed by atoms with Gasteiger partial charge >= 0.3 is 0 Å². The molecule has 0 aliphatic rings. The minimum absolute atomic E-state index is 0.221. The monoisotopic (exact) mass is 276 g/mol. The number of nitrogens with one attached hydrogen (secondary N) is 2. The van der Waals surface area contributed by atoms with Crippen molar-refractivity contribution in [3.8, 4) is 0 Å². The summed E-state index contributed by atoms with van der Waals surface area (Å²) in [7, 11) is 0. The summed E-state index contributed by atoms with van der Waals surface area (Å²) in [5.74, 6) is -0.130. The minimum atomic E-state index is -0.440. The zero-order valence-electron chi connectivity index (χ0n) is 11.4. The number of hydrogen-bond donors (Lipinski definition) is 2. The summed E-state index contributed by atoms with van der Waals surface area (Å²) in [6.45, 7) is 4.19. The van der Waals surface area contributed by atoms with E-state index in [4.69, 9.17) is 4.42 Å². The Morgan fingerprint density at radius 2 is 2.15 bits per heavy atom. The van der Waals surface area contributed by atoms with Crippen molar-refractivity contribution in [2.24, 2.45) is 0 Å². The normalized spacial score (nSPS) is 11.9. The largest absolute Gasteiger partial charge is 0.467 e. The summed E-state index contributed by atoms with van der Waals surface area (Å²) in [5, 5.41) is 5.66. The fourth-order valence-corrected chi connectivity index (χ4v) is 1.95. The molecule has 0 saturated heterocycles. The third kappa shape index (κ3) is 2.99. The number of anilines is 1. The average Bonchev–Trinajstić information content (AvgIpc) is 2.95. The van der Waals surface area contributed by atoms with Crippen LogP contribution >= 0.6 is 0 Å². The van der Waals surface area contributed by atoms with Gasteiger partial charge in [-0.05, 0) is 38.1 Å². The number of furan rings is 1. The molecule has 106 valence electrons. The molecule has 2 N–H and O–H groups in total. The van der Waals surface area contributed by atoms with E-state index in [2.05, 4.69) is 10.6 Å². The maximum atomic E-state index is 13.7. The maximum absolute atomic E-state index is 13.7. The Morgan fingerprint density at radius 1 is 1.35 bits per heavy atom. The summed E-state index contributed by atoms with van der Waals surface area (Å²) in [6.07, 6.45) is 1.55. The summed E-state index contributed by atoms with van der Waals surface area (Å²) < 4.78 is 19.0. The first-order valence-corrected chi connectivity index (χ1v) is 6.50. The summed E-state index contributed by atoms with van der Waals surface area (Å²) >= 11 is 0. The number of rotatable bonds is 5. The van der Waals surface area contributed by atoms with Crippen LogP contribution in [-0.2, 0) is 0 Å². The number of carbonyl (C=O) groups excluding carboxylic acids is 1. The molecular formula is C15H17FN2O2. The molecule has 0 aliphatic heterocycles. The molecule has 1 aromatic carbocycles. The highest BCUT2D eigenvalue weighted by Crippen LogP contribution is 2.21. The summed E-state index contributed by atoms with van der Waals surface area (Å²) in [4.78, 5) is 12.2. The lowest BCUT2D eigenvalue weighted by atomic mass is 10.1. The smallest absolute Gasteiger partial charge is 0.254 e. The van der Waals surface area contributed by atoms with Crippen LogP contribution in [0.1, 0.15) is 36.0 Å². The number of carbonyl (C=O) groups is 1. The number of hydrogen-bond acceptors (Lipinski definition) is 3. The molecule has 1 atom stereocenters. The fourth-order valence-electron chi connectivity index (χ4n) is 1.95. The highest BCUT2D eigenvalue weighted by molar-refractivity contribution is 5.99. The van der Waals surface area contributed by atoms with E-state index in [1.54, 1.807) is 24.5 Å². The van der Waals surface area contributed by atoms with Crippen molar-refractivity contribution in [1.29, 1.82) is 0 Å². The van der Waals surface area contributed by atoms with Gasteiger partial charge in [0.05, 0.1) is 23.6 Å². The molecule has 4 nitrogen and oxygen atoms in total. The molecule has 5 heteroatoms. The van der Waals surface area contributed by atoms with Crippen molar-refractivity contribution in [1.82, 2.24) is 5.32 Å². The fraction of sp³-hybridized carbons (Fsp3) is 0.267. The highest BCUT2D eigenvalue weighted by Gasteiger charge is 2.18. The van der Waals surface area contributed by atoms with Crippen LogP contribution in [0, 0.1) is 5.82 Å². The van der Waals surface area contributed by atoms with Crippen molar-refractivity contribution in [3.63, 3.8) is 0 Å². The van der Waals surface area contributed by atoms with E-state index in [0.717, 1.165) is 0 Å². The van der Waals surface area contributed by atoms with Crippen LogP contribution < -0.4 is 10.6 Å². The van der Waals surface area contributed by atoms with E-state index in [1.165, 1.54) is 12.1 Å². The molecule has 0 aliphatic carbocycles. The van der Waals surface area contributed by atoms with E-state index in [-0.39, 0.29) is 23.2 Å². The van der Waals surface area contributed by atoms with Gasteiger partial charge in [-0.3, -0.25) is 4.79 Å². The first-order chi connectivity index (χ1) is 9.63. The summed E-state index contributed by atoms with van der Waals surface area (Å²) in [6, 6.07) is 7.68. The number of amides is 1. The Labute approximate surface area is 117 Å². The molecule has 1 aromatic heterocycles. The van der Waals surface area contributed by atoms with E-state index >= 15 is 0 Å². The van der Waals surface area contributed by atoms with Gasteiger partial charge in [-0.1, -0.05) is 6.07 Å². The molecule has 1 heterocycles. The molecule has 0 saturated carbocycles. The second-order valence-electron chi connectivity index (χ2n) is 4.40. The van der Waals surface area contributed by atoms with E-state index in [1.807, 2.05) is 13.8 Å². The average molecular weight is 276 g/mol. The Morgan fingerprint density at radius 3 is 2.80 bits per heavy atom. The van der Waals surface area contributed by atoms with Crippen molar-refractivity contribution in [2.75, 3.05) is 11.9 Å². The molecule has 0 fully saturated rings. The number of benzene rings is 1. The first kappa shape index (κ1) is 14.1. The Bertz CT molecular complexity index is 582. The van der Waals surface area contributed by atoms with Crippen LogP contribution in [0.4, 0.5) is 10.1 Å². The second kappa shape index (κ2) is 6.23. The molecule has 0 radical (unpaired) electrons. The molecule has 1 unspecified atom stereocenters. The Kier molecular flexibility index (Phi) is 4.40. The zero-order chi connectivity index (χ0) is 14.5. The molecule has 20 heavy (non-hydrogen) atoms. The lowest BCUT2D eigenvalue weighted by Gasteiger charge is -2.15. The Hall–Kier alpha value is -2.30. The molecule has 0 spiro atoms. The van der Waals surface area contributed by atoms with Crippen LogP contribution in [0.5, 0.6) is 0 Å². The predicted molar refractivity (Wildman–Crippen MR) is 75.2 cm³/mol. The van der Waals surface area contributed by atoms with E-state index in [9.17, 15) is 9.18 Å². The third-order valence-electron chi connectivity index (χ3n) is 2.93. The van der Waals surface area contributed by atoms with Crippen molar-refractivity contribution < 1.29 is 13.6 Å². The zero-order valence-corrected chi connectivity index (χ0v) is 11.4. The predicted octanol–water partition coefficient (Wildman–Crippen LogP) is 3.34. The van der Waals surface area contributed by atoms with Gasteiger partial charge in [0.1, 0.15) is 11.6 Å². The van der Waals surface area contributed by atoms with Crippen LogP contribution in [0.2, 0.25) is 0 Å². The molecule has 0 bridgehead atoms. The van der Waals surface area contributed by atoms with Crippen LogP contribution in [-0.4, -0.2) is 12.5 Å². The topological polar surface area (TPSA) is 54.3 Å². The standard InChI is InChI=1S/C15H17FN2O2/c1-3-17-14-11(6-4-7-12(14)16)15(19)18-10(2)13-8-5-9-20-13/h4-10,17H,3H2,1-2H3,(H,18,19). The van der Waals surface area contributed by atoms with Crippen molar-refractivity contribution in [2.45, 2.75) is 19.9 Å². The van der Waals surface area contributed by atoms with Crippen LogP contribution in [0.15, 0.2) is 41.0 Å². The number of halogens is 1. The van der Waals surface area contributed by atoms with Gasteiger partial charge in [0.2, 0.25) is 0 Å². The molecule has 2 rings (SSSR count). The highest BCUT2D eigenvalue weighted by atomic mass is 19.1. The van der Waals surface area contributed by atoms with Crippen LogP contribution in [0.25, 0.3) is 0 Å². The molecule has 2 aromatic rings. The lowest BCUT2D eigenvalue weighted by Crippen LogP contribution is -2.27. The molecule has 1 amide bonds. The van der Waals surface area contributed by atoms with Gasteiger partial charge in [-0.15, -0.1) is 0 Å². The third-order valence-corrected chi connectivity index (χ3v) is 2.93. The first-order valence-electron chi connectivity index (χ1n) is 6.50. The Balaban J connectivity index is 2.19. The van der Waals surface area contributed by atoms with E-state index < -0.39 is 5.82 Å². The summed E-state index contributed by atoms with van der Waals surface area (Å²) in [5.41, 5.74) is 0.504. The quantitative estimate of drug-likeness (QED) is 0.880. The van der Waals surface area contributed by atoms with Gasteiger partial charge in [0.15, 0.2) is 0 Å².